The quantitative estimate of drug-likeness (QED) is 0.880. The average molecular weight is 316 g/mol. The molecule has 1 aliphatic rings. The maximum Gasteiger partial charge on any atom is 0.274 e. The number of amides is 2. The Balaban J connectivity index is 2.28. The third kappa shape index (κ3) is 2.35. The molecule has 1 aromatic heterocycles. The monoisotopic (exact) mass is 315 g/mol. The fraction of sp³-hybridized carbons (Fsp3) is 0.364. The number of pyridine rings is 1. The lowest BCUT2D eigenvalue weighted by Gasteiger charge is -2.21. The second kappa shape index (κ2) is 5.01. The van der Waals surface area contributed by atoms with Crippen LogP contribution in [0, 0.1) is 0 Å². The lowest BCUT2D eigenvalue weighted by atomic mass is 10.2. The van der Waals surface area contributed by atoms with Crippen LogP contribution in [0.3, 0.4) is 0 Å². The van der Waals surface area contributed by atoms with Crippen LogP contribution in [0.15, 0.2) is 22.8 Å². The molecule has 1 fully saturated rings. The summed E-state index contributed by atoms with van der Waals surface area (Å²) in [5.41, 5.74) is 5.32. The summed E-state index contributed by atoms with van der Waals surface area (Å²) in [7, 11) is 0. The molecule has 0 unspecified atom stereocenters. The number of nitrogens with zero attached hydrogens (tertiary/aromatic N) is 2. The zero-order valence-electron chi connectivity index (χ0n) is 9.35. The fourth-order valence-corrected chi connectivity index (χ4v) is 2.38. The molecule has 2 N–H and O–H groups in total. The number of carbonyl (C=O) groups is 2. The van der Waals surface area contributed by atoms with E-state index in [1.165, 1.54) is 6.20 Å². The van der Waals surface area contributed by atoms with E-state index in [1.54, 1.807) is 12.1 Å². The van der Waals surface area contributed by atoms with Crippen molar-refractivity contribution in [2.24, 2.45) is 5.73 Å². The second-order valence-electron chi connectivity index (χ2n) is 4.04. The van der Waals surface area contributed by atoms with E-state index >= 15 is 0 Å². The number of hydrogen-bond acceptors (Lipinski definition) is 3. The number of aromatic nitrogens is 1. The van der Waals surface area contributed by atoms with Gasteiger partial charge in [-0.25, -0.2) is 9.37 Å². The largest absolute Gasteiger partial charge is 0.368 e. The molecule has 1 aromatic rings. The first-order chi connectivity index (χ1) is 8.50. The van der Waals surface area contributed by atoms with E-state index in [4.69, 9.17) is 5.73 Å². The van der Waals surface area contributed by atoms with Crippen molar-refractivity contribution in [1.29, 1.82) is 0 Å². The second-order valence-corrected chi connectivity index (χ2v) is 4.90. The number of alkyl halides is 1. The maximum atomic E-state index is 13.3. The van der Waals surface area contributed by atoms with E-state index in [2.05, 4.69) is 20.9 Å². The SMILES string of the molecule is NC(=O)[C@@H]1C[C@@H](F)CN1C(=O)c1ncccc1Br. The molecule has 0 radical (unpaired) electrons. The van der Waals surface area contributed by atoms with E-state index in [0.717, 1.165) is 4.90 Å². The first-order valence-corrected chi connectivity index (χ1v) is 6.15. The van der Waals surface area contributed by atoms with Gasteiger partial charge in [-0.3, -0.25) is 9.59 Å². The number of rotatable bonds is 2. The molecular weight excluding hydrogens is 305 g/mol. The van der Waals surface area contributed by atoms with Gasteiger partial charge in [-0.2, -0.15) is 0 Å². The topological polar surface area (TPSA) is 76.3 Å². The number of nitrogens with two attached hydrogens (primary N) is 1. The minimum atomic E-state index is -1.23. The Morgan fingerprint density at radius 2 is 2.28 bits per heavy atom. The van der Waals surface area contributed by atoms with Gasteiger partial charge in [0.15, 0.2) is 0 Å². The van der Waals surface area contributed by atoms with Crippen molar-refractivity contribution in [2.45, 2.75) is 18.6 Å². The fourth-order valence-electron chi connectivity index (χ4n) is 1.96. The summed E-state index contributed by atoms with van der Waals surface area (Å²) in [6.07, 6.45) is 0.181. The predicted molar refractivity (Wildman–Crippen MR) is 65.5 cm³/mol. The van der Waals surface area contributed by atoms with Gasteiger partial charge in [-0.1, -0.05) is 0 Å². The van der Waals surface area contributed by atoms with E-state index in [1.807, 2.05) is 0 Å². The summed E-state index contributed by atoms with van der Waals surface area (Å²) >= 11 is 3.20. The maximum absolute atomic E-state index is 13.3. The van der Waals surface area contributed by atoms with Crippen LogP contribution in [0.2, 0.25) is 0 Å². The third-order valence-electron chi connectivity index (χ3n) is 2.80. The van der Waals surface area contributed by atoms with E-state index in [9.17, 15) is 14.0 Å². The van der Waals surface area contributed by atoms with Gasteiger partial charge in [0.2, 0.25) is 5.91 Å². The summed E-state index contributed by atoms with van der Waals surface area (Å²) < 4.78 is 13.8. The molecule has 96 valence electrons. The molecule has 2 heterocycles. The molecule has 2 amide bonds. The van der Waals surface area contributed by atoms with Crippen LogP contribution in [0.25, 0.3) is 0 Å². The Morgan fingerprint density at radius 1 is 1.56 bits per heavy atom. The highest BCUT2D eigenvalue weighted by Crippen LogP contribution is 2.24. The highest BCUT2D eigenvalue weighted by molar-refractivity contribution is 9.10. The molecule has 0 saturated carbocycles. The smallest absolute Gasteiger partial charge is 0.274 e. The summed E-state index contributed by atoms with van der Waals surface area (Å²) in [5.74, 6) is -1.19. The van der Waals surface area contributed by atoms with Crippen LogP contribution in [0.5, 0.6) is 0 Å². The first kappa shape index (κ1) is 12.9. The number of halogens is 2. The van der Waals surface area contributed by atoms with Crippen molar-refractivity contribution in [3.8, 4) is 0 Å². The Labute approximate surface area is 111 Å². The van der Waals surface area contributed by atoms with Crippen molar-refractivity contribution in [3.63, 3.8) is 0 Å². The lowest BCUT2D eigenvalue weighted by molar-refractivity contribution is -0.121. The highest BCUT2D eigenvalue weighted by atomic mass is 79.9. The highest BCUT2D eigenvalue weighted by Gasteiger charge is 2.39. The Bertz CT molecular complexity index is 497. The summed E-state index contributed by atoms with van der Waals surface area (Å²) in [6, 6.07) is 2.41. The summed E-state index contributed by atoms with van der Waals surface area (Å²) in [6.45, 7) is -0.130. The van der Waals surface area contributed by atoms with Crippen molar-refractivity contribution in [2.75, 3.05) is 6.54 Å². The number of hydrogen-bond donors (Lipinski definition) is 1. The zero-order chi connectivity index (χ0) is 13.3. The minimum absolute atomic E-state index is 0.0501. The van der Waals surface area contributed by atoms with E-state index in [-0.39, 0.29) is 18.7 Å². The third-order valence-corrected chi connectivity index (χ3v) is 3.44. The first-order valence-electron chi connectivity index (χ1n) is 5.35. The Hall–Kier alpha value is -1.50. The molecule has 1 aliphatic heterocycles. The molecule has 5 nitrogen and oxygen atoms in total. The molecule has 1 saturated heterocycles. The standard InChI is InChI=1S/C11H11BrFN3O2/c12-7-2-1-3-15-9(7)11(18)16-5-6(13)4-8(16)10(14)17/h1-3,6,8H,4-5H2,(H2,14,17)/t6-,8+/m1/s1. The number of carbonyl (C=O) groups excluding carboxylic acids is 2. The molecule has 7 heteroatoms. The van der Waals surface area contributed by atoms with Crippen molar-refractivity contribution in [3.05, 3.63) is 28.5 Å². The summed E-state index contributed by atoms with van der Waals surface area (Å²) in [4.78, 5) is 28.5. The van der Waals surface area contributed by atoms with Crippen LogP contribution in [0.4, 0.5) is 4.39 Å². The lowest BCUT2D eigenvalue weighted by Crippen LogP contribution is -2.44. The molecule has 0 aliphatic carbocycles. The van der Waals surface area contributed by atoms with Crippen molar-refractivity contribution >= 4 is 27.7 Å². The van der Waals surface area contributed by atoms with Gasteiger partial charge in [0.05, 0.1) is 6.54 Å². The van der Waals surface area contributed by atoms with Crippen LogP contribution < -0.4 is 5.73 Å². The van der Waals surface area contributed by atoms with Gasteiger partial charge in [0.25, 0.3) is 5.91 Å². The van der Waals surface area contributed by atoms with Crippen molar-refractivity contribution < 1.29 is 14.0 Å². The van der Waals surface area contributed by atoms with Crippen LogP contribution in [0.1, 0.15) is 16.9 Å². The molecular formula is C11H11BrFN3O2. The van der Waals surface area contributed by atoms with Crippen LogP contribution >= 0.6 is 15.9 Å². The van der Waals surface area contributed by atoms with Crippen molar-refractivity contribution in [1.82, 2.24) is 9.88 Å². The van der Waals surface area contributed by atoms with E-state index in [0.29, 0.717) is 4.47 Å². The Kier molecular flexibility index (Phi) is 3.60. The molecule has 2 atom stereocenters. The molecule has 18 heavy (non-hydrogen) atoms. The Morgan fingerprint density at radius 3 is 2.89 bits per heavy atom. The molecule has 0 aromatic carbocycles. The molecule has 0 bridgehead atoms. The van der Waals surface area contributed by atoms with Gasteiger partial charge < -0.3 is 10.6 Å². The summed E-state index contributed by atoms with van der Waals surface area (Å²) in [5, 5.41) is 0. The van der Waals surface area contributed by atoms with Gasteiger partial charge in [-0.05, 0) is 28.1 Å². The van der Waals surface area contributed by atoms with Crippen LogP contribution in [-0.4, -0.2) is 40.5 Å². The van der Waals surface area contributed by atoms with Gasteiger partial charge in [0, 0.05) is 17.1 Å². The molecule has 0 spiro atoms. The average Bonchev–Trinajstić information content (AvgIpc) is 2.71. The minimum Gasteiger partial charge on any atom is -0.368 e. The normalized spacial score (nSPS) is 23.1. The van der Waals surface area contributed by atoms with Gasteiger partial charge in [-0.15, -0.1) is 0 Å². The number of likely N-dealkylation sites (tertiary alicyclic amines) is 1. The van der Waals surface area contributed by atoms with Gasteiger partial charge in [0.1, 0.15) is 17.9 Å². The zero-order valence-corrected chi connectivity index (χ0v) is 10.9. The van der Waals surface area contributed by atoms with E-state index < -0.39 is 24.0 Å². The predicted octanol–water partition coefficient (Wildman–Crippen LogP) is 0.882. The van der Waals surface area contributed by atoms with Crippen LogP contribution in [-0.2, 0) is 4.79 Å². The van der Waals surface area contributed by atoms with Gasteiger partial charge >= 0.3 is 0 Å². The number of primary amides is 1. The molecule has 2 rings (SSSR count).